The van der Waals surface area contributed by atoms with Gasteiger partial charge in [0.25, 0.3) is 0 Å². The molecule has 0 N–H and O–H groups in total. The van der Waals surface area contributed by atoms with Crippen LogP contribution >= 0.6 is 43.2 Å². The molecule has 548 valence electrons. The normalized spacial score (nSPS) is 14.9. The van der Waals surface area contributed by atoms with Crippen LogP contribution in [0.3, 0.4) is 0 Å². The molecule has 0 aromatic heterocycles. The van der Waals surface area contributed by atoms with Crippen LogP contribution < -0.4 is 0 Å². The quantitative estimate of drug-likeness (QED) is 0.110. The minimum absolute atomic E-state index is 0.0371. The van der Waals surface area contributed by atoms with Gasteiger partial charge in [-0.25, -0.2) is 0 Å². The molecule has 10 rings (SSSR count). The summed E-state index contributed by atoms with van der Waals surface area (Å²) >= 11 is 0. The highest BCUT2D eigenvalue weighted by atomic mass is 33.1. The van der Waals surface area contributed by atoms with Gasteiger partial charge in [-0.15, -0.1) is 0 Å². The maximum absolute atomic E-state index is 13.9. The van der Waals surface area contributed by atoms with Gasteiger partial charge in [0.2, 0.25) is 0 Å². The molecule has 0 saturated carbocycles. The average Bonchev–Trinajstić information content (AvgIpc) is 1.29. The van der Waals surface area contributed by atoms with Crippen LogP contribution in [0.5, 0.6) is 0 Å². The number of halogens is 24. The largest absolute Gasteiger partial charge is 0.416 e. The highest BCUT2D eigenvalue weighted by Gasteiger charge is 2.43. The smallest absolute Gasteiger partial charge is 0.294 e. The molecular weight excluding hydrogens is 1480 g/mol. The van der Waals surface area contributed by atoms with E-state index in [4.69, 9.17) is 0 Å². The SMILES string of the molecule is Cc1cc2c(c(-c3cc(C(F)(F)F)cc(C(F)(F)F)c3)c1)SSc1c(cc(C)cc1-c1cc(C(F)(F)F)cc(C(F)(F)F)c1)CN(CC(C)C)C2.Cc1cc2c(c(-c3cc(C(F)(F)F)cc(C(F)(F)F)c3)c1)SSc1c(cc(C)cc1-c1cc(C(F)(F)F)cc(C(F)(F)F)c1)CN(CC(C)C)C2. The van der Waals surface area contributed by atoms with Crippen molar-refractivity contribution in [1.29, 1.82) is 0 Å². The predicted octanol–water partition coefficient (Wildman–Crippen LogP) is 27.0. The molecule has 102 heavy (non-hydrogen) atoms. The van der Waals surface area contributed by atoms with Gasteiger partial charge < -0.3 is 0 Å². The van der Waals surface area contributed by atoms with E-state index in [9.17, 15) is 105 Å². The number of fused-ring (bicyclic) bond motifs is 4. The van der Waals surface area contributed by atoms with Gasteiger partial charge in [-0.3, -0.25) is 9.80 Å². The summed E-state index contributed by atoms with van der Waals surface area (Å²) in [5.74, 6) is 0.143. The van der Waals surface area contributed by atoms with Crippen LogP contribution in [0.1, 0.15) is 117 Å². The second-order valence-corrected chi connectivity index (χ2v) is 30.1. The lowest BCUT2D eigenvalue weighted by molar-refractivity contribution is -0.144. The second-order valence-electron chi connectivity index (χ2n) is 25.8. The summed E-state index contributed by atoms with van der Waals surface area (Å²) in [5, 5.41) is 0. The van der Waals surface area contributed by atoms with Crippen LogP contribution in [-0.2, 0) is 75.6 Å². The van der Waals surface area contributed by atoms with Crippen molar-refractivity contribution in [2.45, 2.75) is 151 Å². The summed E-state index contributed by atoms with van der Waals surface area (Å²) in [6, 6.07) is 18.2. The van der Waals surface area contributed by atoms with Crippen molar-refractivity contribution in [3.63, 3.8) is 0 Å². The zero-order valence-electron chi connectivity index (χ0n) is 54.5. The topological polar surface area (TPSA) is 6.48 Å². The predicted molar refractivity (Wildman–Crippen MR) is 348 cm³/mol. The molecule has 0 radical (unpaired) electrons. The van der Waals surface area contributed by atoms with Crippen molar-refractivity contribution < 1.29 is 105 Å². The molecule has 8 aromatic rings. The summed E-state index contributed by atoms with van der Waals surface area (Å²) < 4.78 is 334. The second kappa shape index (κ2) is 29.4. The molecule has 2 heterocycles. The van der Waals surface area contributed by atoms with Crippen molar-refractivity contribution in [2.24, 2.45) is 11.8 Å². The van der Waals surface area contributed by atoms with Gasteiger partial charge in [0.1, 0.15) is 0 Å². The molecule has 30 heteroatoms. The van der Waals surface area contributed by atoms with E-state index < -0.39 is 93.9 Å². The van der Waals surface area contributed by atoms with E-state index in [1.54, 1.807) is 52.0 Å². The van der Waals surface area contributed by atoms with Gasteiger partial charge in [-0.2, -0.15) is 105 Å². The van der Waals surface area contributed by atoms with E-state index >= 15 is 0 Å². The lowest BCUT2D eigenvalue weighted by Gasteiger charge is -2.26. The molecule has 0 unspecified atom stereocenters. The highest BCUT2D eigenvalue weighted by molar-refractivity contribution is 8.77. The first-order chi connectivity index (χ1) is 46.8. The van der Waals surface area contributed by atoms with E-state index in [2.05, 4.69) is 0 Å². The number of alkyl halides is 24. The maximum atomic E-state index is 13.9. The van der Waals surface area contributed by atoms with Crippen LogP contribution in [0.25, 0.3) is 44.5 Å². The zero-order chi connectivity index (χ0) is 75.7. The molecule has 0 saturated heterocycles. The van der Waals surface area contributed by atoms with Crippen molar-refractivity contribution in [3.05, 3.63) is 210 Å². The van der Waals surface area contributed by atoms with Crippen LogP contribution in [0.4, 0.5) is 105 Å². The summed E-state index contributed by atoms with van der Waals surface area (Å²) in [6.07, 6.45) is -40.8. The van der Waals surface area contributed by atoms with Crippen molar-refractivity contribution in [2.75, 3.05) is 13.1 Å². The first-order valence-electron chi connectivity index (χ1n) is 30.7. The summed E-state index contributed by atoms with van der Waals surface area (Å²) in [5.41, 5.74) is -8.58. The number of hydrogen-bond donors (Lipinski definition) is 0. The Morgan fingerprint density at radius 3 is 0.549 bits per heavy atom. The first kappa shape index (κ1) is 79.5. The van der Waals surface area contributed by atoms with E-state index in [-0.39, 0.29) is 107 Å². The van der Waals surface area contributed by atoms with Gasteiger partial charge in [-0.05, 0) is 179 Å². The zero-order valence-corrected chi connectivity index (χ0v) is 57.8. The fraction of sp³-hybridized carbons (Fsp3) is 0.333. The molecule has 2 nitrogen and oxygen atoms in total. The van der Waals surface area contributed by atoms with E-state index in [1.807, 2.05) is 37.5 Å². The van der Waals surface area contributed by atoms with Crippen LogP contribution in [0.2, 0.25) is 0 Å². The molecule has 2 aliphatic rings. The van der Waals surface area contributed by atoms with Gasteiger partial charge in [0.15, 0.2) is 0 Å². The summed E-state index contributed by atoms with van der Waals surface area (Å²) in [7, 11) is 3.90. The Kier molecular flexibility index (Phi) is 22.9. The molecule has 0 atom stereocenters. The molecule has 0 aliphatic carbocycles. The molecule has 0 spiro atoms. The van der Waals surface area contributed by atoms with Crippen LogP contribution in [-0.4, -0.2) is 22.9 Å². The number of nitrogens with zero attached hydrogens (tertiary/aromatic N) is 2. The summed E-state index contributed by atoms with van der Waals surface area (Å²) in [6.45, 7) is 16.1. The minimum atomic E-state index is -5.10. The fourth-order valence-corrected chi connectivity index (χ4v) is 17.8. The Balaban J connectivity index is 0.000000237. The fourth-order valence-electron chi connectivity index (χ4n) is 12.1. The molecular formula is C72H58F24N2S4. The lowest BCUT2D eigenvalue weighted by Crippen LogP contribution is -2.27. The third-order valence-corrected chi connectivity index (χ3v) is 21.3. The first-order valence-corrected chi connectivity index (χ1v) is 35.0. The Hall–Kier alpha value is -6.60. The Labute approximate surface area is 585 Å². The molecule has 2 aliphatic heterocycles. The highest BCUT2D eigenvalue weighted by Crippen LogP contribution is 2.55. The molecule has 8 aromatic carbocycles. The van der Waals surface area contributed by atoms with E-state index in [0.717, 1.165) is 43.2 Å². The van der Waals surface area contributed by atoms with Gasteiger partial charge >= 0.3 is 49.4 Å². The average molecular weight is 1540 g/mol. The third kappa shape index (κ3) is 19.3. The Morgan fingerprint density at radius 1 is 0.255 bits per heavy atom. The van der Waals surface area contributed by atoms with Crippen LogP contribution in [0, 0.1) is 39.5 Å². The maximum Gasteiger partial charge on any atom is 0.416 e. The number of rotatable bonds is 8. The lowest BCUT2D eigenvalue weighted by atomic mass is 9.95. The van der Waals surface area contributed by atoms with E-state index in [1.165, 1.54) is 24.3 Å². The molecule has 0 bridgehead atoms. The molecule has 0 fully saturated rings. The van der Waals surface area contributed by atoms with Gasteiger partial charge in [-0.1, -0.05) is 142 Å². The minimum Gasteiger partial charge on any atom is -0.294 e. The van der Waals surface area contributed by atoms with Crippen LogP contribution in [0.15, 0.2) is 141 Å². The van der Waals surface area contributed by atoms with Crippen molar-refractivity contribution in [1.82, 2.24) is 9.80 Å². The standard InChI is InChI=1S/2C36H29F12NS2/c2*1-18(2)15-49-16-23-5-19(3)7-29(21-9-25(33(37,38)39)13-26(10-21)34(40,41)42)31(23)50-51-32-24(17-49)6-20(4)8-30(32)22-11-27(35(43,44)45)14-28(12-22)36(46,47)48/h2*5-14,18H,15-17H2,1-4H3. The Bertz CT molecular complexity index is 3760. The Morgan fingerprint density at radius 2 is 0.412 bits per heavy atom. The number of aryl methyl sites for hydroxylation is 4. The van der Waals surface area contributed by atoms with Gasteiger partial charge in [0, 0.05) is 58.9 Å². The monoisotopic (exact) mass is 1530 g/mol. The number of hydrogen-bond acceptors (Lipinski definition) is 6. The van der Waals surface area contributed by atoms with Crippen molar-refractivity contribution >= 4 is 43.2 Å². The van der Waals surface area contributed by atoms with Crippen molar-refractivity contribution in [3.8, 4) is 44.5 Å². The third-order valence-electron chi connectivity index (χ3n) is 16.1. The van der Waals surface area contributed by atoms with Gasteiger partial charge in [0.05, 0.1) is 44.5 Å². The van der Waals surface area contributed by atoms with E-state index in [0.29, 0.717) is 126 Å². The molecule has 0 amide bonds. The number of benzene rings is 8. The summed E-state index contributed by atoms with van der Waals surface area (Å²) in [4.78, 5) is 5.22.